The van der Waals surface area contributed by atoms with Crippen LogP contribution in [0.5, 0.6) is 5.75 Å². The standard InChI is InChI=1S/C24H30F3N3O5S/c1-23(2,3)16-30(15-17-5-8-21(28-14-17)24(25,26)27)36(32,33)20-13-18(6-7-19(20)34-4)22(31)29-9-11-35-12-10-29/h5-8,13-14H,9-12,15-16H2,1-4H3. The third kappa shape index (κ3) is 6.74. The average Bonchev–Trinajstić information content (AvgIpc) is 2.82. The Kier molecular flexibility index (Phi) is 8.31. The van der Waals surface area contributed by atoms with E-state index in [2.05, 4.69) is 4.98 Å². The number of carbonyl (C=O) groups is 1. The van der Waals surface area contributed by atoms with Crippen molar-refractivity contribution in [2.24, 2.45) is 5.41 Å². The van der Waals surface area contributed by atoms with Crippen molar-refractivity contribution in [1.82, 2.24) is 14.2 Å². The molecule has 198 valence electrons. The van der Waals surface area contributed by atoms with Gasteiger partial charge in [0.2, 0.25) is 10.0 Å². The van der Waals surface area contributed by atoms with Crippen LogP contribution in [0.25, 0.3) is 0 Å². The van der Waals surface area contributed by atoms with E-state index >= 15 is 0 Å². The maximum Gasteiger partial charge on any atom is 0.433 e. The van der Waals surface area contributed by atoms with Crippen LogP contribution in [-0.4, -0.2) is 68.5 Å². The summed E-state index contributed by atoms with van der Waals surface area (Å²) in [6.07, 6.45) is -3.58. The SMILES string of the molecule is COc1ccc(C(=O)N2CCOCC2)cc1S(=O)(=O)N(Cc1ccc(C(F)(F)F)nc1)CC(C)(C)C. The van der Waals surface area contributed by atoms with Crippen molar-refractivity contribution in [2.45, 2.75) is 38.4 Å². The zero-order valence-electron chi connectivity index (χ0n) is 20.6. The van der Waals surface area contributed by atoms with E-state index in [1.54, 1.807) is 4.90 Å². The lowest BCUT2D eigenvalue weighted by molar-refractivity contribution is -0.141. The van der Waals surface area contributed by atoms with Gasteiger partial charge in [-0.2, -0.15) is 17.5 Å². The van der Waals surface area contributed by atoms with Gasteiger partial charge in [-0.1, -0.05) is 26.8 Å². The first-order valence-corrected chi connectivity index (χ1v) is 12.7. The molecule has 1 aliphatic heterocycles. The zero-order valence-corrected chi connectivity index (χ0v) is 21.4. The molecule has 2 aromatic rings. The number of halogens is 3. The van der Waals surface area contributed by atoms with Gasteiger partial charge in [0.05, 0.1) is 20.3 Å². The van der Waals surface area contributed by atoms with Crippen LogP contribution < -0.4 is 4.74 Å². The molecule has 1 aromatic heterocycles. The minimum absolute atomic E-state index is 0.0537. The Bertz CT molecular complexity index is 1170. The number of methoxy groups -OCH3 is 1. The van der Waals surface area contributed by atoms with Crippen LogP contribution in [-0.2, 0) is 27.5 Å². The highest BCUT2D eigenvalue weighted by molar-refractivity contribution is 7.89. The quantitative estimate of drug-likeness (QED) is 0.542. The second-order valence-electron chi connectivity index (χ2n) is 9.65. The number of rotatable bonds is 7. The van der Waals surface area contributed by atoms with Gasteiger partial charge < -0.3 is 14.4 Å². The van der Waals surface area contributed by atoms with E-state index in [1.165, 1.54) is 31.4 Å². The highest BCUT2D eigenvalue weighted by Gasteiger charge is 2.34. The summed E-state index contributed by atoms with van der Waals surface area (Å²) in [5.74, 6) is -0.273. The Hall–Kier alpha value is -2.70. The van der Waals surface area contributed by atoms with Crippen LogP contribution in [0, 0.1) is 5.41 Å². The third-order valence-electron chi connectivity index (χ3n) is 5.45. The second-order valence-corrected chi connectivity index (χ2v) is 11.6. The topological polar surface area (TPSA) is 89.0 Å². The lowest BCUT2D eigenvalue weighted by Crippen LogP contribution is -2.41. The summed E-state index contributed by atoms with van der Waals surface area (Å²) in [4.78, 5) is 17.8. The molecule has 0 atom stereocenters. The van der Waals surface area contributed by atoms with Gasteiger partial charge in [-0.05, 0) is 35.2 Å². The number of hydrogen-bond donors (Lipinski definition) is 0. The number of hydrogen-bond acceptors (Lipinski definition) is 6. The molecule has 36 heavy (non-hydrogen) atoms. The van der Waals surface area contributed by atoms with E-state index in [9.17, 15) is 26.4 Å². The summed E-state index contributed by atoms with van der Waals surface area (Å²) >= 11 is 0. The molecule has 0 bridgehead atoms. The number of alkyl halides is 3. The summed E-state index contributed by atoms with van der Waals surface area (Å²) in [6.45, 7) is 6.95. The first-order valence-electron chi connectivity index (χ1n) is 11.3. The maximum atomic E-state index is 13.9. The summed E-state index contributed by atoms with van der Waals surface area (Å²) in [5.41, 5.74) is -1.08. The first-order chi connectivity index (χ1) is 16.7. The predicted molar refractivity (Wildman–Crippen MR) is 126 cm³/mol. The van der Waals surface area contributed by atoms with E-state index in [-0.39, 0.29) is 40.8 Å². The molecule has 1 saturated heterocycles. The van der Waals surface area contributed by atoms with Crippen molar-refractivity contribution < 1.29 is 35.9 Å². The zero-order chi connectivity index (χ0) is 26.7. The molecular weight excluding hydrogens is 499 g/mol. The molecule has 1 amide bonds. The number of ether oxygens (including phenoxy) is 2. The molecule has 0 saturated carbocycles. The summed E-state index contributed by atoms with van der Waals surface area (Å²) in [7, 11) is -2.91. The normalized spacial score (nSPS) is 15.3. The molecule has 1 aromatic carbocycles. The van der Waals surface area contributed by atoms with Crippen LogP contribution in [0.3, 0.4) is 0 Å². The van der Waals surface area contributed by atoms with Crippen molar-refractivity contribution in [3.63, 3.8) is 0 Å². The van der Waals surface area contributed by atoms with Gasteiger partial charge in [0.25, 0.3) is 5.91 Å². The van der Waals surface area contributed by atoms with Crippen LogP contribution in [0.2, 0.25) is 0 Å². The highest BCUT2D eigenvalue weighted by atomic mass is 32.2. The van der Waals surface area contributed by atoms with E-state index in [0.717, 1.165) is 16.6 Å². The maximum absolute atomic E-state index is 13.9. The molecule has 0 unspecified atom stereocenters. The Morgan fingerprint density at radius 3 is 2.33 bits per heavy atom. The molecule has 8 nitrogen and oxygen atoms in total. The number of amides is 1. The molecule has 1 fully saturated rings. The highest BCUT2D eigenvalue weighted by Crippen LogP contribution is 2.32. The van der Waals surface area contributed by atoms with Gasteiger partial charge in [-0.15, -0.1) is 0 Å². The fourth-order valence-electron chi connectivity index (χ4n) is 3.74. The Morgan fingerprint density at radius 2 is 1.81 bits per heavy atom. The van der Waals surface area contributed by atoms with Crippen molar-refractivity contribution >= 4 is 15.9 Å². The lowest BCUT2D eigenvalue weighted by atomic mass is 9.97. The lowest BCUT2D eigenvalue weighted by Gasteiger charge is -2.30. The van der Waals surface area contributed by atoms with Crippen LogP contribution in [0.15, 0.2) is 41.4 Å². The molecule has 0 spiro atoms. The van der Waals surface area contributed by atoms with Crippen LogP contribution in [0.1, 0.15) is 42.4 Å². The number of aromatic nitrogens is 1. The number of sulfonamides is 1. The van der Waals surface area contributed by atoms with E-state index in [0.29, 0.717) is 26.3 Å². The number of carbonyl (C=O) groups excluding carboxylic acids is 1. The van der Waals surface area contributed by atoms with Gasteiger partial charge in [-0.25, -0.2) is 8.42 Å². The van der Waals surface area contributed by atoms with Crippen molar-refractivity contribution in [1.29, 1.82) is 0 Å². The molecular formula is C24H30F3N3O5S. The third-order valence-corrected chi connectivity index (χ3v) is 7.26. The largest absolute Gasteiger partial charge is 0.495 e. The van der Waals surface area contributed by atoms with E-state index in [1.807, 2.05) is 20.8 Å². The number of benzene rings is 1. The van der Waals surface area contributed by atoms with Gasteiger partial charge in [0, 0.05) is 37.9 Å². The molecule has 3 rings (SSSR count). The van der Waals surface area contributed by atoms with Gasteiger partial charge in [-0.3, -0.25) is 9.78 Å². The minimum Gasteiger partial charge on any atom is -0.495 e. The summed E-state index contributed by atoms with van der Waals surface area (Å²) in [5, 5.41) is 0. The number of nitrogens with zero attached hydrogens (tertiary/aromatic N) is 3. The van der Waals surface area contributed by atoms with Gasteiger partial charge >= 0.3 is 6.18 Å². The first kappa shape index (κ1) is 27.9. The number of pyridine rings is 1. The van der Waals surface area contributed by atoms with Crippen molar-refractivity contribution in [3.05, 3.63) is 53.3 Å². The molecule has 12 heteroatoms. The van der Waals surface area contributed by atoms with Crippen molar-refractivity contribution in [3.8, 4) is 5.75 Å². The molecule has 0 aliphatic carbocycles. The predicted octanol–water partition coefficient (Wildman–Crippen LogP) is 3.82. The van der Waals surface area contributed by atoms with Crippen molar-refractivity contribution in [2.75, 3.05) is 40.0 Å². The molecule has 0 radical (unpaired) electrons. The minimum atomic E-state index is -4.60. The van der Waals surface area contributed by atoms with E-state index in [4.69, 9.17) is 9.47 Å². The molecule has 0 N–H and O–H groups in total. The van der Waals surface area contributed by atoms with Crippen LogP contribution in [0.4, 0.5) is 13.2 Å². The Balaban J connectivity index is 2.00. The molecule has 2 heterocycles. The fraction of sp³-hybridized carbons (Fsp3) is 0.500. The van der Waals surface area contributed by atoms with Crippen LogP contribution >= 0.6 is 0 Å². The van der Waals surface area contributed by atoms with E-state index < -0.39 is 27.3 Å². The van der Waals surface area contributed by atoms with Gasteiger partial charge in [0.1, 0.15) is 16.3 Å². The average molecular weight is 530 g/mol. The monoisotopic (exact) mass is 529 g/mol. The number of morpholine rings is 1. The van der Waals surface area contributed by atoms with Gasteiger partial charge in [0.15, 0.2) is 0 Å². The smallest absolute Gasteiger partial charge is 0.433 e. The second kappa shape index (κ2) is 10.7. The fourth-order valence-corrected chi connectivity index (χ4v) is 5.58. The molecule has 1 aliphatic rings. The summed E-state index contributed by atoms with van der Waals surface area (Å²) < 4.78 is 78.2. The Morgan fingerprint density at radius 1 is 1.14 bits per heavy atom. The summed E-state index contributed by atoms with van der Waals surface area (Å²) in [6, 6.07) is 6.24. The Labute approximate surface area is 209 Å².